The fourth-order valence-electron chi connectivity index (χ4n) is 0.352. The van der Waals surface area contributed by atoms with Crippen molar-refractivity contribution in [3.8, 4) is 0 Å². The Hall–Kier alpha value is 0.568. The van der Waals surface area contributed by atoms with Crippen molar-refractivity contribution in [3.63, 3.8) is 0 Å². The molecule has 0 aromatic rings. The van der Waals surface area contributed by atoms with E-state index < -0.39 is 0 Å². The van der Waals surface area contributed by atoms with Gasteiger partial charge in [0.1, 0.15) is 0 Å². The minimum absolute atomic E-state index is 0. The third-order valence-electron chi connectivity index (χ3n) is 1.06. The SMILES string of the molecule is CC.CC.CNC.CNCC[C-]=O.CNCC[C-]=O.CN[C-]=O.C[C-]=O.[Y].[Y]. The average Bonchev–Trinajstić information content (AvgIpc) is 2.69. The molecule has 0 bridgehead atoms. The molecule has 0 aromatic heterocycles. The average molecular weight is 556 g/mol. The number of rotatable bonds is 7. The molecule has 168 valence electrons. The molecule has 8 nitrogen and oxygen atoms in total. The van der Waals surface area contributed by atoms with Gasteiger partial charge in [-0.1, -0.05) is 27.7 Å². The van der Waals surface area contributed by atoms with E-state index in [-0.39, 0.29) is 65.4 Å². The molecule has 0 aliphatic rings. The van der Waals surface area contributed by atoms with Crippen LogP contribution in [0.3, 0.4) is 0 Å². The zero-order valence-electron chi connectivity index (χ0n) is 19.6. The Labute approximate surface area is 225 Å². The second kappa shape index (κ2) is 123. The molecule has 0 rings (SSSR count). The molecular weight excluding hydrogens is 514 g/mol. The Morgan fingerprint density at radius 2 is 0.821 bits per heavy atom. The second-order valence-corrected chi connectivity index (χ2v) is 3.05. The first-order valence-corrected chi connectivity index (χ1v) is 8.48. The predicted octanol–water partition coefficient (Wildman–Crippen LogP) is 0.683. The number of hydrogen-bond donors (Lipinski definition) is 4. The zero-order chi connectivity index (χ0) is 22.5. The number of nitrogens with one attached hydrogen (secondary N) is 4. The quantitative estimate of drug-likeness (QED) is 0.207. The predicted molar refractivity (Wildman–Crippen MR) is 112 cm³/mol. The molecule has 28 heavy (non-hydrogen) atoms. The maximum absolute atomic E-state index is 9.40. The zero-order valence-corrected chi connectivity index (χ0v) is 25.3. The van der Waals surface area contributed by atoms with Crippen LogP contribution in [0.4, 0.5) is 0 Å². The summed E-state index contributed by atoms with van der Waals surface area (Å²) in [5.41, 5.74) is 0. The number of amides is 1. The molecule has 0 unspecified atom stereocenters. The first kappa shape index (κ1) is 56.7. The van der Waals surface area contributed by atoms with Crippen LogP contribution < -0.4 is 21.3 Å². The van der Waals surface area contributed by atoms with Gasteiger partial charge in [-0.15, -0.1) is 12.8 Å². The summed E-state index contributed by atoms with van der Waals surface area (Å²) in [6, 6.07) is 0. The first-order chi connectivity index (χ1) is 12.6. The van der Waals surface area contributed by atoms with Gasteiger partial charge in [-0.3, -0.25) is 18.9 Å². The summed E-state index contributed by atoms with van der Waals surface area (Å²) in [7, 11) is 8.86. The van der Waals surface area contributed by atoms with Crippen LogP contribution in [0.5, 0.6) is 0 Å². The van der Waals surface area contributed by atoms with Crippen molar-refractivity contribution in [2.75, 3.05) is 48.3 Å². The third-order valence-corrected chi connectivity index (χ3v) is 1.06. The fraction of sp³-hybridized carbons (Fsp3) is 0.778. The van der Waals surface area contributed by atoms with Crippen LogP contribution >= 0.6 is 0 Å². The summed E-state index contributed by atoms with van der Waals surface area (Å²) in [6.45, 7) is 10.8. The van der Waals surface area contributed by atoms with Crippen molar-refractivity contribution in [1.29, 1.82) is 0 Å². The van der Waals surface area contributed by atoms with E-state index in [1.165, 1.54) is 26.7 Å². The summed E-state index contributed by atoms with van der Waals surface area (Å²) < 4.78 is 0. The Morgan fingerprint density at radius 3 is 0.857 bits per heavy atom. The summed E-state index contributed by atoms with van der Waals surface area (Å²) in [6.07, 6.45) is 7.44. The van der Waals surface area contributed by atoms with E-state index in [1.54, 1.807) is 26.7 Å². The molecule has 0 aromatic carbocycles. The maximum Gasteiger partial charge on any atom is 0 e. The number of hydrogen-bond acceptors (Lipinski definition) is 7. The fourth-order valence-corrected chi connectivity index (χ4v) is 0.352. The summed E-state index contributed by atoms with van der Waals surface area (Å²) >= 11 is 0. The molecule has 10 heteroatoms. The topological polar surface area (TPSA) is 116 Å². The van der Waals surface area contributed by atoms with Gasteiger partial charge in [0.05, 0.1) is 0 Å². The van der Waals surface area contributed by atoms with Crippen LogP contribution in [0, 0.1) is 0 Å². The molecule has 1 amide bonds. The smallest absolute Gasteiger partial charge is 0 e. The van der Waals surface area contributed by atoms with E-state index in [9.17, 15) is 9.59 Å². The third kappa shape index (κ3) is 303. The van der Waals surface area contributed by atoms with Gasteiger partial charge in [0, 0.05) is 65.4 Å². The Bertz CT molecular complexity index is 194. The Kier molecular flexibility index (Phi) is 249. The molecule has 4 N–H and O–H groups in total. The summed E-state index contributed by atoms with van der Waals surface area (Å²) in [5, 5.41) is 10.5. The van der Waals surface area contributed by atoms with Crippen LogP contribution in [0.15, 0.2) is 0 Å². The molecule has 0 aliphatic heterocycles. The second-order valence-electron chi connectivity index (χ2n) is 3.05. The van der Waals surface area contributed by atoms with Gasteiger partial charge in [-0.05, 0) is 48.3 Å². The van der Waals surface area contributed by atoms with Crippen molar-refractivity contribution in [2.45, 2.75) is 47.5 Å². The molecule has 0 saturated heterocycles. The molecule has 0 aliphatic carbocycles. The van der Waals surface area contributed by atoms with Crippen LogP contribution in [-0.2, 0) is 84.6 Å². The van der Waals surface area contributed by atoms with Crippen LogP contribution in [0.1, 0.15) is 47.5 Å². The van der Waals surface area contributed by atoms with Crippen molar-refractivity contribution < 1.29 is 84.6 Å². The maximum atomic E-state index is 9.40. The number of carbonyl (C=O) groups excluding carboxylic acids is 4. The van der Waals surface area contributed by atoms with Crippen LogP contribution in [0.25, 0.3) is 0 Å². The van der Waals surface area contributed by atoms with Crippen molar-refractivity contribution in [3.05, 3.63) is 0 Å². The van der Waals surface area contributed by atoms with Gasteiger partial charge in [-0.2, -0.15) is 13.3 Å². The van der Waals surface area contributed by atoms with Gasteiger partial charge < -0.3 is 40.4 Å². The van der Waals surface area contributed by atoms with E-state index in [0.29, 0.717) is 12.8 Å². The molecular formula is C18H42N4O4Y2-4. The van der Waals surface area contributed by atoms with Gasteiger partial charge in [0.15, 0.2) is 0 Å². The molecule has 0 spiro atoms. The standard InChI is InChI=1S/2C4H8NO.C2H4NO.C2H7N.C2H3O.2C2H6.2Y/c2*1-5-3-2-4-6;1-3-2-4;1-3-2;1-2-3;2*1-2;;/h2*5H,2-3H2,1H3;1H3,(H,3,4);3H,1-2H3;1H3;2*1-2H3;;/q3*-1;;-1;;;;. The van der Waals surface area contributed by atoms with E-state index in [4.69, 9.17) is 9.59 Å². The summed E-state index contributed by atoms with van der Waals surface area (Å²) in [5.74, 6) is 0. The van der Waals surface area contributed by atoms with Crippen LogP contribution in [-0.4, -0.2) is 73.6 Å². The monoisotopic (exact) mass is 556 g/mol. The Morgan fingerprint density at radius 1 is 0.643 bits per heavy atom. The van der Waals surface area contributed by atoms with Crippen LogP contribution in [0.2, 0.25) is 0 Å². The van der Waals surface area contributed by atoms with Gasteiger partial charge in [-0.25, -0.2) is 0 Å². The van der Waals surface area contributed by atoms with Crippen molar-refractivity contribution in [1.82, 2.24) is 21.3 Å². The summed E-state index contributed by atoms with van der Waals surface area (Å²) in [4.78, 5) is 36.4. The molecule has 0 saturated carbocycles. The van der Waals surface area contributed by atoms with Gasteiger partial charge in [0.2, 0.25) is 0 Å². The first-order valence-electron chi connectivity index (χ1n) is 8.48. The minimum atomic E-state index is 0. The Balaban J connectivity index is -0.0000000222. The minimum Gasteiger partial charge on any atom is -0.542 e. The van der Waals surface area contributed by atoms with E-state index in [1.807, 2.05) is 41.8 Å². The van der Waals surface area contributed by atoms with Gasteiger partial charge in [0.25, 0.3) is 0 Å². The molecule has 0 heterocycles. The van der Waals surface area contributed by atoms with E-state index in [0.717, 1.165) is 13.1 Å². The largest absolute Gasteiger partial charge is 0.542 e. The van der Waals surface area contributed by atoms with Gasteiger partial charge >= 0.3 is 0 Å². The van der Waals surface area contributed by atoms with E-state index in [2.05, 4.69) is 21.3 Å². The van der Waals surface area contributed by atoms with Crippen molar-refractivity contribution in [2.24, 2.45) is 0 Å². The molecule has 0 fully saturated rings. The van der Waals surface area contributed by atoms with Crippen molar-refractivity contribution >= 4 is 25.3 Å². The molecule has 0 atom stereocenters. The molecule has 2 radical (unpaired) electrons. The normalized spacial score (nSPS) is 5.79. The van der Waals surface area contributed by atoms with E-state index >= 15 is 0 Å².